The average molecular weight is 295 g/mol. The Hall–Kier alpha value is -0.710. The molecular weight excluding hydrogens is 270 g/mol. The van der Waals surface area contributed by atoms with Gasteiger partial charge in [-0.05, 0) is 38.0 Å². The number of hydrogen-bond acceptors (Lipinski definition) is 3. The van der Waals surface area contributed by atoms with Gasteiger partial charge in [0.15, 0.2) is 5.17 Å². The zero-order valence-electron chi connectivity index (χ0n) is 12.5. The number of nitrogens with zero attached hydrogens (tertiary/aromatic N) is 2. The topological polar surface area (TPSA) is 44.7 Å². The fourth-order valence-corrected chi connectivity index (χ4v) is 4.71. The van der Waals surface area contributed by atoms with Gasteiger partial charge in [-0.2, -0.15) is 0 Å². The maximum Gasteiger partial charge on any atom is 0.222 e. The summed E-state index contributed by atoms with van der Waals surface area (Å²) in [5.41, 5.74) is 0.312. The summed E-state index contributed by atoms with van der Waals surface area (Å²) in [6, 6.07) is 0.283. The van der Waals surface area contributed by atoms with E-state index in [0.717, 1.165) is 24.1 Å². The van der Waals surface area contributed by atoms with E-state index in [1.165, 1.54) is 31.4 Å². The number of likely N-dealkylation sites (N-methyl/N-ethyl adjacent to an activating group) is 1. The van der Waals surface area contributed by atoms with Gasteiger partial charge in [0.2, 0.25) is 5.91 Å². The van der Waals surface area contributed by atoms with Crippen molar-refractivity contribution >= 4 is 22.8 Å². The van der Waals surface area contributed by atoms with E-state index >= 15 is 0 Å². The van der Waals surface area contributed by atoms with Crippen LogP contribution in [0.2, 0.25) is 0 Å². The quantitative estimate of drug-likeness (QED) is 0.807. The highest BCUT2D eigenvalue weighted by molar-refractivity contribution is 8.14. The number of nitrogens with one attached hydrogen (secondary N) is 1. The molecule has 0 radical (unpaired) electrons. The Morgan fingerprint density at radius 3 is 2.80 bits per heavy atom. The smallest absolute Gasteiger partial charge is 0.222 e. The van der Waals surface area contributed by atoms with E-state index in [4.69, 9.17) is 4.99 Å². The third-order valence-corrected chi connectivity index (χ3v) is 6.17. The molecule has 4 nitrogen and oxygen atoms in total. The Morgan fingerprint density at radius 1 is 1.35 bits per heavy atom. The number of likely N-dealkylation sites (tertiary alicyclic amines) is 1. The van der Waals surface area contributed by atoms with Gasteiger partial charge >= 0.3 is 0 Å². The van der Waals surface area contributed by atoms with Crippen LogP contribution in [0.25, 0.3) is 0 Å². The van der Waals surface area contributed by atoms with Crippen molar-refractivity contribution in [2.75, 3.05) is 19.3 Å². The molecule has 0 aromatic rings. The molecule has 5 heteroatoms. The minimum absolute atomic E-state index is 0.256. The molecule has 3 rings (SSSR count). The van der Waals surface area contributed by atoms with E-state index in [9.17, 15) is 4.79 Å². The van der Waals surface area contributed by atoms with Gasteiger partial charge in [-0.25, -0.2) is 0 Å². The Kier molecular flexibility index (Phi) is 3.98. The van der Waals surface area contributed by atoms with Crippen LogP contribution >= 0.6 is 11.8 Å². The minimum Gasteiger partial charge on any atom is -0.359 e. The summed E-state index contributed by atoms with van der Waals surface area (Å²) in [6.45, 7) is 3.13. The monoisotopic (exact) mass is 295 g/mol. The van der Waals surface area contributed by atoms with E-state index in [0.29, 0.717) is 12.0 Å². The van der Waals surface area contributed by atoms with Crippen molar-refractivity contribution in [2.24, 2.45) is 10.9 Å². The number of carbonyl (C=O) groups excluding carboxylic acids is 1. The molecule has 20 heavy (non-hydrogen) atoms. The first kappa shape index (κ1) is 14.2. The normalized spacial score (nSPS) is 40.4. The molecule has 1 spiro atoms. The zero-order chi connectivity index (χ0) is 14.2. The Morgan fingerprint density at radius 2 is 2.10 bits per heavy atom. The van der Waals surface area contributed by atoms with Gasteiger partial charge in [-0.3, -0.25) is 9.79 Å². The van der Waals surface area contributed by atoms with Crippen LogP contribution in [0.1, 0.15) is 45.4 Å². The molecule has 2 heterocycles. The molecule has 0 aromatic carbocycles. The largest absolute Gasteiger partial charge is 0.359 e. The zero-order valence-corrected chi connectivity index (χ0v) is 13.3. The molecular formula is C15H25N3OS. The van der Waals surface area contributed by atoms with Crippen LogP contribution in [-0.4, -0.2) is 46.9 Å². The van der Waals surface area contributed by atoms with Crippen molar-refractivity contribution in [2.45, 2.75) is 57.0 Å². The van der Waals surface area contributed by atoms with E-state index in [1.54, 1.807) is 0 Å². The first-order valence-electron chi connectivity index (χ1n) is 7.79. The maximum absolute atomic E-state index is 11.5. The molecule has 112 valence electrons. The summed E-state index contributed by atoms with van der Waals surface area (Å²) in [6.07, 6.45) is 6.78. The highest BCUT2D eigenvalue weighted by Gasteiger charge is 2.40. The van der Waals surface area contributed by atoms with Crippen molar-refractivity contribution < 1.29 is 4.79 Å². The van der Waals surface area contributed by atoms with Crippen LogP contribution in [-0.2, 0) is 4.79 Å². The van der Waals surface area contributed by atoms with Crippen LogP contribution in [0, 0.1) is 5.92 Å². The first-order valence-corrected chi connectivity index (χ1v) is 8.78. The molecule has 1 saturated carbocycles. The van der Waals surface area contributed by atoms with Gasteiger partial charge in [0.25, 0.3) is 0 Å². The summed E-state index contributed by atoms with van der Waals surface area (Å²) >= 11 is 1.88. The first-order chi connectivity index (χ1) is 9.56. The molecule has 2 saturated heterocycles. The molecule has 2 aliphatic heterocycles. The van der Waals surface area contributed by atoms with Gasteiger partial charge < -0.3 is 10.2 Å². The summed E-state index contributed by atoms with van der Waals surface area (Å²) in [7, 11) is 1.88. The molecule has 0 aromatic heterocycles. The minimum atomic E-state index is 0.256. The predicted octanol–water partition coefficient (Wildman–Crippen LogP) is 2.25. The number of piperidine rings is 1. The Balaban J connectivity index is 1.59. The molecule has 3 aliphatic rings. The van der Waals surface area contributed by atoms with E-state index in [-0.39, 0.29) is 11.9 Å². The summed E-state index contributed by atoms with van der Waals surface area (Å²) in [4.78, 5) is 18.2. The van der Waals surface area contributed by atoms with Crippen LogP contribution in [0.5, 0.6) is 0 Å². The van der Waals surface area contributed by atoms with Crippen LogP contribution in [0.3, 0.4) is 0 Å². The van der Waals surface area contributed by atoms with Gasteiger partial charge in [0.1, 0.15) is 0 Å². The lowest BCUT2D eigenvalue weighted by molar-refractivity contribution is -0.132. The number of thioether (sulfide) groups is 1. The lowest BCUT2D eigenvalue weighted by Crippen LogP contribution is -2.47. The highest BCUT2D eigenvalue weighted by Crippen LogP contribution is 2.38. The molecule has 3 fully saturated rings. The lowest BCUT2D eigenvalue weighted by atomic mass is 9.78. The third-order valence-electron chi connectivity index (χ3n) is 4.99. The van der Waals surface area contributed by atoms with Crippen LogP contribution in [0.15, 0.2) is 4.99 Å². The predicted molar refractivity (Wildman–Crippen MR) is 84.1 cm³/mol. The van der Waals surface area contributed by atoms with Crippen molar-refractivity contribution in [3.8, 4) is 0 Å². The summed E-state index contributed by atoms with van der Waals surface area (Å²) in [5.74, 6) is 2.30. The van der Waals surface area contributed by atoms with Crippen molar-refractivity contribution in [1.82, 2.24) is 10.2 Å². The van der Waals surface area contributed by atoms with E-state index < -0.39 is 0 Å². The van der Waals surface area contributed by atoms with Gasteiger partial charge in [-0.1, -0.05) is 18.7 Å². The number of hydrogen-bond donors (Lipinski definition) is 1. The van der Waals surface area contributed by atoms with Gasteiger partial charge in [0.05, 0.1) is 6.04 Å². The molecule has 1 aliphatic carbocycles. The van der Waals surface area contributed by atoms with Crippen molar-refractivity contribution in [1.29, 1.82) is 0 Å². The SMILES string of the molecule is CC1CCC2(CC1)CSC(=NC1CCC(=O)N(C)C1)N2. The molecule has 1 atom stereocenters. The third kappa shape index (κ3) is 2.97. The fraction of sp³-hybridized carbons (Fsp3) is 0.867. The number of carbonyl (C=O) groups is 1. The number of amides is 1. The molecule has 1 amide bonds. The second-order valence-electron chi connectivity index (χ2n) is 6.78. The standard InChI is InChI=1S/C15H25N3OS/c1-11-5-7-15(8-6-11)10-20-14(17-15)16-12-3-4-13(19)18(2)9-12/h11-12H,3-10H2,1-2H3,(H,16,17). The molecule has 0 bridgehead atoms. The maximum atomic E-state index is 11.5. The van der Waals surface area contributed by atoms with E-state index in [2.05, 4.69) is 12.2 Å². The highest BCUT2D eigenvalue weighted by atomic mass is 32.2. The summed E-state index contributed by atoms with van der Waals surface area (Å²) in [5, 5.41) is 4.83. The van der Waals surface area contributed by atoms with Gasteiger partial charge in [0, 0.05) is 31.3 Å². The van der Waals surface area contributed by atoms with E-state index in [1.807, 2.05) is 23.7 Å². The Bertz CT molecular complexity index is 415. The average Bonchev–Trinajstić information content (AvgIpc) is 2.81. The van der Waals surface area contributed by atoms with Crippen LogP contribution < -0.4 is 5.32 Å². The van der Waals surface area contributed by atoms with Crippen molar-refractivity contribution in [3.05, 3.63) is 0 Å². The Labute approximate surface area is 125 Å². The number of aliphatic imine (C=N–C) groups is 1. The number of amidine groups is 1. The van der Waals surface area contributed by atoms with Crippen molar-refractivity contribution in [3.63, 3.8) is 0 Å². The summed E-state index contributed by atoms with van der Waals surface area (Å²) < 4.78 is 0. The molecule has 1 N–H and O–H groups in total. The fourth-order valence-electron chi connectivity index (χ4n) is 3.42. The van der Waals surface area contributed by atoms with Crippen LogP contribution in [0.4, 0.5) is 0 Å². The number of rotatable bonds is 1. The second kappa shape index (κ2) is 5.58. The lowest BCUT2D eigenvalue weighted by Gasteiger charge is -2.35. The second-order valence-corrected chi connectivity index (χ2v) is 7.74. The van der Waals surface area contributed by atoms with Gasteiger partial charge in [-0.15, -0.1) is 0 Å². The molecule has 1 unspecified atom stereocenters.